The molecule has 0 amide bonds. The SMILES string of the molecule is COc1ccc(CO)cc1-c1ccc(C(F)(F)F)nc1. The van der Waals surface area contributed by atoms with Gasteiger partial charge in [-0.3, -0.25) is 4.98 Å². The van der Waals surface area contributed by atoms with E-state index in [1.807, 2.05) is 0 Å². The molecule has 0 bridgehead atoms. The highest BCUT2D eigenvalue weighted by Gasteiger charge is 2.32. The molecule has 6 heteroatoms. The topological polar surface area (TPSA) is 42.4 Å². The maximum Gasteiger partial charge on any atom is 0.433 e. The Morgan fingerprint density at radius 1 is 1.20 bits per heavy atom. The number of benzene rings is 1. The summed E-state index contributed by atoms with van der Waals surface area (Å²) in [4.78, 5) is 3.41. The third kappa shape index (κ3) is 2.91. The Kier molecular flexibility index (Phi) is 3.94. The fraction of sp³-hybridized carbons (Fsp3) is 0.214. The van der Waals surface area contributed by atoms with Crippen LogP contribution in [-0.2, 0) is 12.8 Å². The van der Waals surface area contributed by atoms with Crippen molar-refractivity contribution >= 4 is 0 Å². The second-order valence-corrected chi connectivity index (χ2v) is 4.12. The second-order valence-electron chi connectivity index (χ2n) is 4.12. The summed E-state index contributed by atoms with van der Waals surface area (Å²) in [6.07, 6.45) is -3.32. The average molecular weight is 283 g/mol. The second kappa shape index (κ2) is 5.50. The Morgan fingerprint density at radius 2 is 1.95 bits per heavy atom. The summed E-state index contributed by atoms with van der Waals surface area (Å²) in [6, 6.07) is 7.23. The molecule has 1 heterocycles. The zero-order valence-electron chi connectivity index (χ0n) is 10.6. The van der Waals surface area contributed by atoms with E-state index in [1.165, 1.54) is 13.2 Å². The van der Waals surface area contributed by atoms with Gasteiger partial charge in [0.25, 0.3) is 0 Å². The first-order valence-corrected chi connectivity index (χ1v) is 5.77. The summed E-state index contributed by atoms with van der Waals surface area (Å²) >= 11 is 0. The standard InChI is InChI=1S/C14H12F3NO2/c1-20-12-4-2-9(8-19)6-11(12)10-3-5-13(18-7-10)14(15,16)17/h2-7,19H,8H2,1H3. The molecule has 0 radical (unpaired) electrons. The summed E-state index contributed by atoms with van der Waals surface area (Å²) in [5.74, 6) is 0.503. The Balaban J connectivity index is 2.45. The Labute approximate surface area is 113 Å². The van der Waals surface area contributed by atoms with Crippen molar-refractivity contribution in [3.8, 4) is 16.9 Å². The quantitative estimate of drug-likeness (QED) is 0.940. The van der Waals surface area contributed by atoms with Gasteiger partial charge in [-0.2, -0.15) is 13.2 Å². The molecule has 1 aromatic heterocycles. The molecule has 1 N–H and O–H groups in total. The lowest BCUT2D eigenvalue weighted by Gasteiger charge is -2.11. The number of aliphatic hydroxyl groups excluding tert-OH is 1. The lowest BCUT2D eigenvalue weighted by Crippen LogP contribution is -2.07. The minimum absolute atomic E-state index is 0.162. The van der Waals surface area contributed by atoms with Crippen LogP contribution in [0.4, 0.5) is 13.2 Å². The molecule has 0 aliphatic heterocycles. The van der Waals surface area contributed by atoms with E-state index in [0.29, 0.717) is 22.4 Å². The molecular formula is C14H12F3NO2. The minimum atomic E-state index is -4.46. The molecule has 2 aromatic rings. The van der Waals surface area contributed by atoms with Gasteiger partial charge in [-0.1, -0.05) is 12.1 Å². The maximum absolute atomic E-state index is 12.5. The van der Waals surface area contributed by atoms with Gasteiger partial charge in [0.05, 0.1) is 13.7 Å². The van der Waals surface area contributed by atoms with Gasteiger partial charge in [-0.25, -0.2) is 0 Å². The van der Waals surface area contributed by atoms with Gasteiger partial charge in [0.2, 0.25) is 0 Å². The first-order chi connectivity index (χ1) is 9.45. The first kappa shape index (κ1) is 14.3. The lowest BCUT2D eigenvalue weighted by molar-refractivity contribution is -0.141. The van der Waals surface area contributed by atoms with Crippen molar-refractivity contribution in [3.05, 3.63) is 47.8 Å². The van der Waals surface area contributed by atoms with Gasteiger partial charge in [-0.15, -0.1) is 0 Å². The van der Waals surface area contributed by atoms with Crippen LogP contribution in [0.5, 0.6) is 5.75 Å². The van der Waals surface area contributed by atoms with Crippen LogP contribution < -0.4 is 4.74 Å². The van der Waals surface area contributed by atoms with Crippen LogP contribution in [-0.4, -0.2) is 17.2 Å². The van der Waals surface area contributed by atoms with E-state index in [4.69, 9.17) is 9.84 Å². The van der Waals surface area contributed by atoms with E-state index < -0.39 is 11.9 Å². The van der Waals surface area contributed by atoms with Crippen LogP contribution in [0.15, 0.2) is 36.5 Å². The van der Waals surface area contributed by atoms with Gasteiger partial charge in [0.15, 0.2) is 0 Å². The normalized spacial score (nSPS) is 11.4. The molecule has 0 aliphatic rings. The van der Waals surface area contributed by atoms with E-state index in [1.54, 1.807) is 18.2 Å². The van der Waals surface area contributed by atoms with E-state index in [9.17, 15) is 13.2 Å². The first-order valence-electron chi connectivity index (χ1n) is 5.77. The summed E-state index contributed by atoms with van der Waals surface area (Å²) in [6.45, 7) is -0.162. The fourth-order valence-corrected chi connectivity index (χ4v) is 1.80. The van der Waals surface area contributed by atoms with Crippen molar-refractivity contribution in [2.45, 2.75) is 12.8 Å². The summed E-state index contributed by atoms with van der Waals surface area (Å²) in [7, 11) is 1.47. The number of ether oxygens (including phenoxy) is 1. The molecular weight excluding hydrogens is 271 g/mol. The van der Waals surface area contributed by atoms with Crippen LogP contribution in [0.1, 0.15) is 11.3 Å². The number of hydrogen-bond donors (Lipinski definition) is 1. The maximum atomic E-state index is 12.5. The van der Waals surface area contributed by atoms with Gasteiger partial charge in [-0.05, 0) is 23.8 Å². The number of alkyl halides is 3. The molecule has 0 spiro atoms. The molecule has 0 saturated heterocycles. The van der Waals surface area contributed by atoms with E-state index in [2.05, 4.69) is 4.98 Å². The molecule has 0 atom stereocenters. The number of aliphatic hydroxyl groups is 1. The molecule has 20 heavy (non-hydrogen) atoms. The van der Waals surface area contributed by atoms with Crippen LogP contribution >= 0.6 is 0 Å². The van der Waals surface area contributed by atoms with Gasteiger partial charge in [0.1, 0.15) is 11.4 Å². The highest BCUT2D eigenvalue weighted by molar-refractivity contribution is 5.70. The van der Waals surface area contributed by atoms with E-state index >= 15 is 0 Å². The fourth-order valence-electron chi connectivity index (χ4n) is 1.80. The summed E-state index contributed by atoms with van der Waals surface area (Å²) in [5.41, 5.74) is 0.768. The van der Waals surface area contributed by atoms with Crippen molar-refractivity contribution < 1.29 is 23.0 Å². The Morgan fingerprint density at radius 3 is 2.45 bits per heavy atom. The number of rotatable bonds is 3. The van der Waals surface area contributed by atoms with Gasteiger partial charge in [0, 0.05) is 17.3 Å². The molecule has 0 fully saturated rings. The van der Waals surface area contributed by atoms with Crippen LogP contribution in [0.2, 0.25) is 0 Å². The number of methoxy groups -OCH3 is 1. The number of aromatic nitrogens is 1. The number of nitrogens with zero attached hydrogens (tertiary/aromatic N) is 1. The average Bonchev–Trinajstić information content (AvgIpc) is 2.45. The van der Waals surface area contributed by atoms with E-state index in [0.717, 1.165) is 12.3 Å². The van der Waals surface area contributed by atoms with Crippen LogP contribution in [0, 0.1) is 0 Å². The number of pyridine rings is 1. The molecule has 0 unspecified atom stereocenters. The number of hydrogen-bond acceptors (Lipinski definition) is 3. The van der Waals surface area contributed by atoms with Crippen LogP contribution in [0.3, 0.4) is 0 Å². The highest BCUT2D eigenvalue weighted by atomic mass is 19.4. The number of halogens is 3. The summed E-state index contributed by atoms with van der Waals surface area (Å²) < 4.78 is 42.6. The molecule has 3 nitrogen and oxygen atoms in total. The third-order valence-electron chi connectivity index (χ3n) is 2.81. The van der Waals surface area contributed by atoms with Crippen molar-refractivity contribution in [2.24, 2.45) is 0 Å². The Hall–Kier alpha value is -2.08. The van der Waals surface area contributed by atoms with Gasteiger partial charge < -0.3 is 9.84 Å². The molecule has 1 aromatic carbocycles. The van der Waals surface area contributed by atoms with Crippen molar-refractivity contribution in [1.29, 1.82) is 0 Å². The van der Waals surface area contributed by atoms with Crippen molar-refractivity contribution in [1.82, 2.24) is 4.98 Å². The monoisotopic (exact) mass is 283 g/mol. The van der Waals surface area contributed by atoms with Crippen molar-refractivity contribution in [2.75, 3.05) is 7.11 Å². The zero-order chi connectivity index (χ0) is 14.8. The zero-order valence-corrected chi connectivity index (χ0v) is 10.6. The summed E-state index contributed by atoms with van der Waals surface area (Å²) in [5, 5.41) is 9.12. The van der Waals surface area contributed by atoms with Crippen molar-refractivity contribution in [3.63, 3.8) is 0 Å². The van der Waals surface area contributed by atoms with E-state index in [-0.39, 0.29) is 6.61 Å². The largest absolute Gasteiger partial charge is 0.496 e. The third-order valence-corrected chi connectivity index (χ3v) is 2.81. The molecule has 0 saturated carbocycles. The smallest absolute Gasteiger partial charge is 0.433 e. The minimum Gasteiger partial charge on any atom is -0.496 e. The van der Waals surface area contributed by atoms with Gasteiger partial charge >= 0.3 is 6.18 Å². The predicted molar refractivity (Wildman–Crippen MR) is 67.1 cm³/mol. The lowest BCUT2D eigenvalue weighted by atomic mass is 10.0. The predicted octanol–water partition coefficient (Wildman–Crippen LogP) is 3.27. The molecule has 0 aliphatic carbocycles. The molecule has 2 rings (SSSR count). The van der Waals surface area contributed by atoms with Crippen LogP contribution in [0.25, 0.3) is 11.1 Å². The molecule has 106 valence electrons. The highest BCUT2D eigenvalue weighted by Crippen LogP contribution is 2.33. The Bertz CT molecular complexity index is 594.